The van der Waals surface area contributed by atoms with Crippen LogP contribution in [0, 0.1) is 13.8 Å². The molecule has 0 saturated heterocycles. The standard InChI is InChI=1S/C7H12N2.F6P/c1-4-9-6(2)5-8-7(9)3;1-7(2,3,4,5)6/h5H,4H2,1-3H3;/q;-1/p+1. The van der Waals surface area contributed by atoms with Crippen molar-refractivity contribution in [3.8, 4) is 0 Å². The van der Waals surface area contributed by atoms with E-state index >= 15 is 0 Å². The molecule has 0 aliphatic rings. The maximum absolute atomic E-state index is 10.7. The Balaban J connectivity index is 0.000000293. The third kappa shape index (κ3) is 9.76. The van der Waals surface area contributed by atoms with Crippen LogP contribution < -0.4 is 4.57 Å². The number of nitrogens with zero attached hydrogens (tertiary/aromatic N) is 1. The van der Waals surface area contributed by atoms with Crippen LogP contribution in [0.2, 0.25) is 0 Å². The second-order valence-corrected chi connectivity index (χ2v) is 5.13. The van der Waals surface area contributed by atoms with Crippen molar-refractivity contribution in [3.05, 3.63) is 17.7 Å². The summed E-state index contributed by atoms with van der Waals surface area (Å²) in [4.78, 5) is 3.15. The summed E-state index contributed by atoms with van der Waals surface area (Å²) < 4.78 is 61.4. The van der Waals surface area contributed by atoms with E-state index in [1.54, 1.807) is 0 Å². The molecular formula is C7H13F6N2P. The molecule has 0 aliphatic carbocycles. The van der Waals surface area contributed by atoms with Gasteiger partial charge < -0.3 is 0 Å². The minimum atomic E-state index is -10.7. The molecule has 0 fully saturated rings. The van der Waals surface area contributed by atoms with Gasteiger partial charge in [0.05, 0.1) is 6.54 Å². The fraction of sp³-hybridized carbons (Fsp3) is 0.571. The van der Waals surface area contributed by atoms with Gasteiger partial charge in [-0.25, -0.2) is 9.55 Å². The van der Waals surface area contributed by atoms with Crippen LogP contribution >= 0.6 is 7.81 Å². The molecule has 1 heterocycles. The number of halogens is 6. The van der Waals surface area contributed by atoms with E-state index in [9.17, 15) is 25.2 Å². The number of rotatable bonds is 1. The molecule has 0 aliphatic heterocycles. The molecular weight excluding hydrogens is 257 g/mol. The summed E-state index contributed by atoms with van der Waals surface area (Å²) in [6.45, 7) is 7.39. The van der Waals surface area contributed by atoms with Gasteiger partial charge in [-0.15, -0.1) is 0 Å². The van der Waals surface area contributed by atoms with Crippen molar-refractivity contribution in [2.45, 2.75) is 27.3 Å². The first-order chi connectivity index (χ1) is 6.70. The van der Waals surface area contributed by atoms with Gasteiger partial charge in [0, 0.05) is 13.8 Å². The molecule has 9 heteroatoms. The summed E-state index contributed by atoms with van der Waals surface area (Å²) in [5.74, 6) is 1.23. The Bertz CT molecular complexity index is 333. The van der Waals surface area contributed by atoms with E-state index in [4.69, 9.17) is 0 Å². The molecule has 98 valence electrons. The Labute approximate surface area is 88.5 Å². The van der Waals surface area contributed by atoms with Crippen molar-refractivity contribution in [1.82, 2.24) is 4.98 Å². The van der Waals surface area contributed by atoms with Crippen molar-refractivity contribution in [1.29, 1.82) is 0 Å². The summed E-state index contributed by atoms with van der Waals surface area (Å²) in [6.07, 6.45) is 2.03. The zero-order valence-corrected chi connectivity index (χ0v) is 9.84. The van der Waals surface area contributed by atoms with Crippen molar-refractivity contribution in [2.75, 3.05) is 0 Å². The molecule has 0 saturated carbocycles. The predicted octanol–water partition coefficient (Wildman–Crippen LogP) is 4.32. The van der Waals surface area contributed by atoms with Crippen LogP contribution in [0.3, 0.4) is 0 Å². The molecule has 0 amide bonds. The quantitative estimate of drug-likeness (QED) is 0.445. The maximum atomic E-state index is 9.87. The van der Waals surface area contributed by atoms with E-state index in [1.165, 1.54) is 11.5 Å². The van der Waals surface area contributed by atoms with E-state index in [-0.39, 0.29) is 0 Å². The summed E-state index contributed by atoms with van der Waals surface area (Å²) in [5.41, 5.74) is 1.30. The van der Waals surface area contributed by atoms with Gasteiger partial charge in [0.15, 0.2) is 0 Å². The van der Waals surface area contributed by atoms with Gasteiger partial charge in [-0.2, -0.15) is 0 Å². The molecule has 0 spiro atoms. The number of aryl methyl sites for hydroxylation is 2. The number of imidazole rings is 1. The average molecular weight is 270 g/mol. The number of hydrogen-bond acceptors (Lipinski definition) is 0. The SMILES string of the molecule is CC[n+]1c(C)c[nH]c1C.F[P-](F)(F)(F)(F)F. The van der Waals surface area contributed by atoms with Crippen LogP contribution in [-0.4, -0.2) is 4.98 Å². The Hall–Kier alpha value is -0.780. The third-order valence-corrected chi connectivity index (χ3v) is 1.64. The first-order valence-electron chi connectivity index (χ1n) is 4.31. The minimum absolute atomic E-state index is 1.06. The Kier molecular flexibility index (Phi) is 3.44. The Morgan fingerprint density at radius 2 is 1.50 bits per heavy atom. The van der Waals surface area contributed by atoms with Crippen LogP contribution in [0.15, 0.2) is 6.20 Å². The number of aromatic nitrogens is 2. The van der Waals surface area contributed by atoms with Crippen LogP contribution in [0.25, 0.3) is 0 Å². The van der Waals surface area contributed by atoms with E-state index in [0.29, 0.717) is 0 Å². The number of H-pyrrole nitrogens is 1. The second-order valence-electron chi connectivity index (χ2n) is 3.22. The summed E-state index contributed by atoms with van der Waals surface area (Å²) in [7, 11) is -10.7. The van der Waals surface area contributed by atoms with Gasteiger partial charge in [0.1, 0.15) is 11.9 Å². The van der Waals surface area contributed by atoms with Gasteiger partial charge in [0.25, 0.3) is 5.82 Å². The van der Waals surface area contributed by atoms with Gasteiger partial charge in [0.2, 0.25) is 0 Å². The van der Waals surface area contributed by atoms with Crippen LogP contribution in [0.4, 0.5) is 25.2 Å². The van der Waals surface area contributed by atoms with Gasteiger partial charge >= 0.3 is 33.0 Å². The monoisotopic (exact) mass is 270 g/mol. The van der Waals surface area contributed by atoms with Gasteiger partial charge in [-0.1, -0.05) is 0 Å². The molecule has 1 rings (SSSR count). The molecule has 0 aromatic carbocycles. The summed E-state index contributed by atoms with van der Waals surface area (Å²) in [6, 6.07) is 0. The fourth-order valence-electron chi connectivity index (χ4n) is 1.12. The predicted molar refractivity (Wildman–Crippen MR) is 49.7 cm³/mol. The topological polar surface area (TPSA) is 19.7 Å². The fourth-order valence-corrected chi connectivity index (χ4v) is 1.12. The number of nitrogens with one attached hydrogen (secondary N) is 1. The van der Waals surface area contributed by atoms with Crippen molar-refractivity contribution in [2.24, 2.45) is 0 Å². The van der Waals surface area contributed by atoms with Crippen LogP contribution in [0.5, 0.6) is 0 Å². The molecule has 1 N–H and O–H groups in total. The van der Waals surface area contributed by atoms with E-state index in [2.05, 4.69) is 30.3 Å². The summed E-state index contributed by atoms with van der Waals surface area (Å²) >= 11 is 0. The molecule has 1 aromatic heterocycles. The third-order valence-electron chi connectivity index (χ3n) is 1.64. The average Bonchev–Trinajstić information content (AvgIpc) is 2.24. The first-order valence-corrected chi connectivity index (χ1v) is 6.34. The molecule has 0 radical (unpaired) electrons. The second kappa shape index (κ2) is 3.61. The first kappa shape index (κ1) is 15.2. The Morgan fingerprint density at radius 1 is 1.12 bits per heavy atom. The van der Waals surface area contributed by atoms with Gasteiger partial charge in [-0.3, -0.25) is 0 Å². The number of aromatic amines is 1. The van der Waals surface area contributed by atoms with E-state index < -0.39 is 7.81 Å². The zero-order valence-electron chi connectivity index (χ0n) is 8.95. The normalized spacial score (nSPS) is 15.8. The molecule has 0 unspecified atom stereocenters. The van der Waals surface area contributed by atoms with E-state index in [0.717, 1.165) is 6.54 Å². The van der Waals surface area contributed by atoms with Crippen LogP contribution in [-0.2, 0) is 6.54 Å². The van der Waals surface area contributed by atoms with Crippen molar-refractivity contribution < 1.29 is 29.7 Å². The molecule has 2 nitrogen and oxygen atoms in total. The molecule has 0 bridgehead atoms. The van der Waals surface area contributed by atoms with Gasteiger partial charge in [-0.05, 0) is 6.92 Å². The van der Waals surface area contributed by atoms with E-state index in [1.807, 2.05) is 6.20 Å². The zero-order chi connectivity index (χ0) is 13.3. The molecule has 0 atom stereocenters. The van der Waals surface area contributed by atoms with Crippen molar-refractivity contribution in [3.63, 3.8) is 0 Å². The molecule has 16 heavy (non-hydrogen) atoms. The van der Waals surface area contributed by atoms with Crippen molar-refractivity contribution >= 4 is 7.81 Å². The summed E-state index contributed by atoms with van der Waals surface area (Å²) in [5, 5.41) is 0. The Morgan fingerprint density at radius 3 is 1.62 bits per heavy atom. The molecule has 1 aromatic rings. The van der Waals surface area contributed by atoms with Crippen LogP contribution in [0.1, 0.15) is 18.4 Å². The number of hydrogen-bond donors (Lipinski definition) is 1.